The monoisotopic (exact) mass is 752 g/mol. The van der Waals surface area contributed by atoms with Gasteiger partial charge in [0.2, 0.25) is 15.9 Å². The molecule has 2 saturated heterocycles. The number of carbonyl (C=O) groups excluding carboxylic acids is 2. The molecule has 53 heavy (non-hydrogen) atoms. The number of anilines is 1. The average molecular weight is 753 g/mol. The molecule has 2 aliphatic heterocycles. The molecular weight excluding hydrogens is 703 g/mol. The summed E-state index contributed by atoms with van der Waals surface area (Å²) in [5.41, 5.74) is 6.67. The third-order valence-electron chi connectivity index (χ3n) is 10.6. The van der Waals surface area contributed by atoms with E-state index in [-0.39, 0.29) is 48.0 Å². The van der Waals surface area contributed by atoms with Gasteiger partial charge < -0.3 is 25.4 Å². The number of rotatable bonds is 10. The van der Waals surface area contributed by atoms with Crippen LogP contribution >= 0.6 is 0 Å². The quantitative estimate of drug-likeness (QED) is 0.243. The van der Waals surface area contributed by atoms with Crippen molar-refractivity contribution in [1.29, 1.82) is 0 Å². The van der Waals surface area contributed by atoms with Crippen LogP contribution in [0.15, 0.2) is 77.7 Å². The Balaban J connectivity index is 1.27. The first-order valence-corrected chi connectivity index (χ1v) is 19.8. The number of hydrogen-bond donors (Lipinski definition) is 2. The first-order valence-electron chi connectivity index (χ1n) is 18.4. The number of hydrogen-bond acceptors (Lipinski definition) is 7. The standard InChI is InChI=1S/C40H50F2N4O6S/c1-39(2,3)52-38(48)45-24-30(46(26-40(25-45)20-21-40)53(49,50)31-8-5-4-6-9-31)16-17-32-33(42)10-7-11-34(32)44-37(47)36(43)35(28-18-22-51-23-19-28)27-12-14-29(41)15-13-27/h4-15,28,30,35-36H,16-26,43H2,1-3H3,(H,44,47)/t30?,35-,36-/m0/s1. The average Bonchev–Trinajstić information content (AvgIpc) is 3.92. The number of carbonyl (C=O) groups is 2. The van der Waals surface area contributed by atoms with Gasteiger partial charge in [0, 0.05) is 61.5 Å². The van der Waals surface area contributed by atoms with Gasteiger partial charge >= 0.3 is 6.09 Å². The maximum absolute atomic E-state index is 15.8. The maximum Gasteiger partial charge on any atom is 0.410 e. The van der Waals surface area contributed by atoms with Crippen molar-refractivity contribution < 1.29 is 36.3 Å². The Morgan fingerprint density at radius 2 is 1.66 bits per heavy atom. The fraction of sp³-hybridized carbons (Fsp3) is 0.500. The summed E-state index contributed by atoms with van der Waals surface area (Å²) in [5, 5.41) is 2.87. The Hall–Kier alpha value is -3.91. The van der Waals surface area contributed by atoms with Crippen molar-refractivity contribution in [3.8, 4) is 0 Å². The molecular formula is C40H50F2N4O6S. The van der Waals surface area contributed by atoms with Crippen molar-refractivity contribution in [2.75, 3.05) is 38.2 Å². The summed E-state index contributed by atoms with van der Waals surface area (Å²) < 4.78 is 71.0. The van der Waals surface area contributed by atoms with Crippen LogP contribution in [0, 0.1) is 23.0 Å². The summed E-state index contributed by atoms with van der Waals surface area (Å²) in [4.78, 5) is 29.1. The zero-order chi connectivity index (χ0) is 38.0. The number of benzene rings is 3. The molecule has 1 unspecified atom stereocenters. The van der Waals surface area contributed by atoms with Gasteiger partial charge in [-0.3, -0.25) is 4.79 Å². The molecule has 286 valence electrons. The van der Waals surface area contributed by atoms with Crippen molar-refractivity contribution in [2.24, 2.45) is 17.1 Å². The number of nitrogens with one attached hydrogen (secondary N) is 1. The third-order valence-corrected chi connectivity index (χ3v) is 12.5. The summed E-state index contributed by atoms with van der Waals surface area (Å²) in [6.45, 7) is 7.00. The molecule has 0 radical (unpaired) electrons. The second-order valence-corrected chi connectivity index (χ2v) is 17.6. The smallest absolute Gasteiger partial charge is 0.410 e. The summed E-state index contributed by atoms with van der Waals surface area (Å²) in [7, 11) is -4.01. The highest BCUT2D eigenvalue weighted by atomic mass is 32.2. The van der Waals surface area contributed by atoms with E-state index in [4.69, 9.17) is 15.2 Å². The molecule has 10 nitrogen and oxygen atoms in total. The van der Waals surface area contributed by atoms with Crippen LogP contribution < -0.4 is 11.1 Å². The van der Waals surface area contributed by atoms with Crippen LogP contribution in [0.2, 0.25) is 0 Å². The minimum Gasteiger partial charge on any atom is -0.444 e. The van der Waals surface area contributed by atoms with Crippen LogP contribution in [0.3, 0.4) is 0 Å². The lowest BCUT2D eigenvalue weighted by Gasteiger charge is -2.34. The Kier molecular flexibility index (Phi) is 11.6. The molecule has 2 heterocycles. The molecule has 0 aromatic heterocycles. The van der Waals surface area contributed by atoms with Gasteiger partial charge in [0.05, 0.1) is 10.9 Å². The summed E-state index contributed by atoms with van der Waals surface area (Å²) >= 11 is 0. The molecule has 13 heteroatoms. The predicted molar refractivity (Wildman–Crippen MR) is 198 cm³/mol. The summed E-state index contributed by atoms with van der Waals surface area (Å²) in [6, 6.07) is 16.8. The Bertz CT molecular complexity index is 1860. The van der Waals surface area contributed by atoms with Crippen LogP contribution in [0.25, 0.3) is 0 Å². The lowest BCUT2D eigenvalue weighted by molar-refractivity contribution is -0.118. The molecule has 3 N–H and O–H groups in total. The summed E-state index contributed by atoms with van der Waals surface area (Å²) in [5.74, 6) is -1.91. The number of nitrogens with two attached hydrogens (primary N) is 1. The number of nitrogens with zero attached hydrogens (tertiary/aromatic N) is 2. The first-order chi connectivity index (χ1) is 25.2. The van der Waals surface area contributed by atoms with Crippen LogP contribution in [0.1, 0.15) is 69.9 Å². The highest BCUT2D eigenvalue weighted by Gasteiger charge is 2.52. The molecule has 1 saturated carbocycles. The molecule has 3 fully saturated rings. The van der Waals surface area contributed by atoms with Crippen LogP contribution in [-0.4, -0.2) is 80.2 Å². The minimum absolute atomic E-state index is 0.0115. The number of ether oxygens (including phenoxy) is 2. The molecule has 3 atom stereocenters. The third kappa shape index (κ3) is 9.25. The van der Waals surface area contributed by atoms with E-state index < -0.39 is 62.7 Å². The number of halogens is 2. The van der Waals surface area contributed by atoms with Gasteiger partial charge in [-0.2, -0.15) is 4.31 Å². The lowest BCUT2D eigenvalue weighted by atomic mass is 9.76. The second kappa shape index (κ2) is 15.8. The van der Waals surface area contributed by atoms with Crippen molar-refractivity contribution in [1.82, 2.24) is 9.21 Å². The highest BCUT2D eigenvalue weighted by molar-refractivity contribution is 7.89. The first kappa shape index (κ1) is 38.8. The van der Waals surface area contributed by atoms with Crippen LogP contribution in [0.5, 0.6) is 0 Å². The van der Waals surface area contributed by atoms with E-state index in [9.17, 15) is 22.4 Å². The van der Waals surface area contributed by atoms with Gasteiger partial charge in [-0.25, -0.2) is 22.0 Å². The SMILES string of the molecule is CC(C)(C)OC(=O)N1CC(CCc2c(F)cccc2NC(=O)[C@@H](N)[C@@H](c2ccc(F)cc2)C2CCOCC2)N(S(=O)(=O)c2ccccc2)CC2(CC2)C1. The molecule has 3 aromatic rings. The van der Waals surface area contributed by atoms with Gasteiger partial charge in [-0.1, -0.05) is 36.4 Å². The normalized spacial score (nSPS) is 20.7. The second-order valence-electron chi connectivity index (χ2n) is 15.7. The Morgan fingerprint density at radius 1 is 0.981 bits per heavy atom. The fourth-order valence-corrected chi connectivity index (χ4v) is 9.46. The fourth-order valence-electron chi connectivity index (χ4n) is 7.68. The number of sulfonamides is 1. The van der Waals surface area contributed by atoms with E-state index in [1.54, 1.807) is 74.2 Å². The van der Waals surface area contributed by atoms with E-state index in [2.05, 4.69) is 5.32 Å². The van der Waals surface area contributed by atoms with Gasteiger partial charge in [0.15, 0.2) is 0 Å². The van der Waals surface area contributed by atoms with E-state index in [1.165, 1.54) is 28.6 Å². The van der Waals surface area contributed by atoms with Gasteiger partial charge in [0.1, 0.15) is 17.2 Å². The molecule has 1 aliphatic carbocycles. The van der Waals surface area contributed by atoms with Crippen LogP contribution in [0.4, 0.5) is 19.3 Å². The minimum atomic E-state index is -4.01. The van der Waals surface area contributed by atoms with Crippen molar-refractivity contribution in [3.05, 3.63) is 95.6 Å². The van der Waals surface area contributed by atoms with E-state index >= 15 is 4.39 Å². The molecule has 3 aromatic carbocycles. The van der Waals surface area contributed by atoms with E-state index in [0.29, 0.717) is 32.6 Å². The predicted octanol–water partition coefficient (Wildman–Crippen LogP) is 6.46. The van der Waals surface area contributed by atoms with E-state index in [0.717, 1.165) is 18.4 Å². The van der Waals surface area contributed by atoms with Crippen LogP contribution in [-0.2, 0) is 30.7 Å². The van der Waals surface area contributed by atoms with E-state index in [1.807, 2.05) is 0 Å². The molecule has 2 amide bonds. The zero-order valence-electron chi connectivity index (χ0n) is 30.6. The Morgan fingerprint density at radius 3 is 2.30 bits per heavy atom. The van der Waals surface area contributed by atoms with Crippen molar-refractivity contribution in [2.45, 2.75) is 87.8 Å². The van der Waals surface area contributed by atoms with Gasteiger partial charge in [-0.15, -0.1) is 0 Å². The Labute approximate surface area is 311 Å². The highest BCUT2D eigenvalue weighted by Crippen LogP contribution is 2.50. The van der Waals surface area contributed by atoms with Crippen molar-refractivity contribution in [3.63, 3.8) is 0 Å². The number of amides is 2. The zero-order valence-corrected chi connectivity index (χ0v) is 31.4. The molecule has 1 spiro atoms. The lowest BCUT2D eigenvalue weighted by Crippen LogP contribution is -2.47. The molecule has 6 rings (SSSR count). The van der Waals surface area contributed by atoms with Crippen molar-refractivity contribution >= 4 is 27.7 Å². The topological polar surface area (TPSA) is 131 Å². The molecule has 3 aliphatic rings. The van der Waals surface area contributed by atoms with Gasteiger partial charge in [0.25, 0.3) is 0 Å². The van der Waals surface area contributed by atoms with Gasteiger partial charge in [-0.05, 0) is 107 Å². The largest absolute Gasteiger partial charge is 0.444 e. The molecule has 0 bridgehead atoms. The maximum atomic E-state index is 15.8. The summed E-state index contributed by atoms with van der Waals surface area (Å²) in [6.07, 6.45) is 2.56.